The van der Waals surface area contributed by atoms with Crippen molar-refractivity contribution in [3.05, 3.63) is 71.8 Å². The lowest BCUT2D eigenvalue weighted by atomic mass is 10.0. The van der Waals surface area contributed by atoms with Crippen LogP contribution in [-0.4, -0.2) is 66.0 Å². The predicted molar refractivity (Wildman–Crippen MR) is 143 cm³/mol. The second kappa shape index (κ2) is 15.6. The average molecular weight is 526 g/mol. The molecular weight excluding hydrogens is 490 g/mol. The van der Waals surface area contributed by atoms with Gasteiger partial charge in [0.25, 0.3) is 0 Å². The molecule has 0 aliphatic carbocycles. The zero-order valence-electron chi connectivity index (χ0n) is 21.0. The van der Waals surface area contributed by atoms with Crippen molar-refractivity contribution in [1.82, 2.24) is 16.0 Å². The second-order valence-corrected chi connectivity index (χ2v) is 8.61. The number of carbonyl (C=O) groups is 4. The van der Waals surface area contributed by atoms with Crippen molar-refractivity contribution in [3.8, 4) is 0 Å². The molecule has 38 heavy (non-hydrogen) atoms. The normalized spacial score (nSPS) is 12.9. The summed E-state index contributed by atoms with van der Waals surface area (Å²) in [5, 5.41) is 17.5. The Bertz CT molecular complexity index is 1090. The van der Waals surface area contributed by atoms with Crippen molar-refractivity contribution in [2.45, 2.75) is 43.8 Å². The molecule has 2 rings (SSSR count). The van der Waals surface area contributed by atoms with E-state index in [2.05, 4.69) is 20.9 Å². The van der Waals surface area contributed by atoms with Crippen LogP contribution in [0, 0.1) is 0 Å². The highest BCUT2D eigenvalue weighted by Crippen LogP contribution is 2.08. The third-order valence-electron chi connectivity index (χ3n) is 5.60. The number of amides is 3. The minimum absolute atomic E-state index is 0.0634. The average Bonchev–Trinajstić information content (AvgIpc) is 2.90. The number of benzene rings is 2. The lowest BCUT2D eigenvalue weighted by Crippen LogP contribution is -2.57. The molecule has 3 atom stereocenters. The molecule has 0 bridgehead atoms. The Morgan fingerprint density at radius 1 is 0.763 bits per heavy atom. The van der Waals surface area contributed by atoms with Crippen LogP contribution in [0.4, 0.5) is 0 Å². The van der Waals surface area contributed by atoms with E-state index < -0.39 is 41.8 Å². The number of hydrogen-bond donors (Lipinski definition) is 7. The van der Waals surface area contributed by atoms with Gasteiger partial charge in [0.15, 0.2) is 5.96 Å². The monoisotopic (exact) mass is 525 g/mol. The van der Waals surface area contributed by atoms with Gasteiger partial charge in [0.2, 0.25) is 17.7 Å². The zero-order chi connectivity index (χ0) is 27.9. The van der Waals surface area contributed by atoms with E-state index in [1.54, 1.807) is 54.6 Å². The fourth-order valence-corrected chi connectivity index (χ4v) is 3.68. The van der Waals surface area contributed by atoms with Crippen LogP contribution in [0.1, 0.15) is 24.0 Å². The second-order valence-electron chi connectivity index (χ2n) is 8.61. The Hall–Kier alpha value is -4.45. The highest BCUT2D eigenvalue weighted by molar-refractivity contribution is 5.93. The molecule has 0 heterocycles. The van der Waals surface area contributed by atoms with Gasteiger partial charge in [-0.05, 0) is 24.0 Å². The topological polar surface area (TPSA) is 215 Å². The Morgan fingerprint density at radius 3 is 1.76 bits per heavy atom. The van der Waals surface area contributed by atoms with Gasteiger partial charge in [0.1, 0.15) is 18.1 Å². The minimum Gasteiger partial charge on any atom is -0.480 e. The fourth-order valence-electron chi connectivity index (χ4n) is 3.68. The number of nitrogens with one attached hydrogen (secondary N) is 3. The molecule has 0 spiro atoms. The molecule has 0 aliphatic rings. The first kappa shape index (κ1) is 29.8. The van der Waals surface area contributed by atoms with Crippen LogP contribution in [0.25, 0.3) is 0 Å². The van der Waals surface area contributed by atoms with Crippen molar-refractivity contribution in [1.29, 1.82) is 0 Å². The highest BCUT2D eigenvalue weighted by Gasteiger charge is 2.29. The van der Waals surface area contributed by atoms with Crippen LogP contribution in [0.2, 0.25) is 0 Å². The maximum atomic E-state index is 13.3. The van der Waals surface area contributed by atoms with E-state index in [1.165, 1.54) is 0 Å². The van der Waals surface area contributed by atoms with Gasteiger partial charge in [-0.25, -0.2) is 4.79 Å². The molecular formula is C26H35N7O5. The SMILES string of the molecule is NCC(=O)NC(CCCN=C(N)N)C(=O)NC(Cc1ccccc1)C(=O)NC(Cc1ccccc1)C(=O)O. The summed E-state index contributed by atoms with van der Waals surface area (Å²) in [5.41, 5.74) is 17.5. The van der Waals surface area contributed by atoms with E-state index in [4.69, 9.17) is 17.2 Å². The number of nitrogens with zero attached hydrogens (tertiary/aromatic N) is 1. The van der Waals surface area contributed by atoms with Gasteiger partial charge < -0.3 is 38.3 Å². The third-order valence-corrected chi connectivity index (χ3v) is 5.60. The standard InChI is InChI=1S/C26H35N7O5/c27-16-22(34)31-19(12-7-13-30-26(28)29)23(35)32-20(14-17-8-3-1-4-9-17)24(36)33-21(25(37)38)15-18-10-5-2-6-11-18/h1-6,8-11,19-21H,7,12-16,27H2,(H,31,34)(H,32,35)(H,33,36)(H,37,38)(H4,28,29,30). The van der Waals surface area contributed by atoms with Crippen LogP contribution in [0.3, 0.4) is 0 Å². The van der Waals surface area contributed by atoms with Gasteiger partial charge >= 0.3 is 5.97 Å². The Kier molecular flexibility index (Phi) is 12.2. The molecule has 204 valence electrons. The maximum Gasteiger partial charge on any atom is 0.326 e. The largest absolute Gasteiger partial charge is 0.480 e. The summed E-state index contributed by atoms with van der Waals surface area (Å²) in [6.07, 6.45) is 0.712. The van der Waals surface area contributed by atoms with Crippen LogP contribution in [0.5, 0.6) is 0 Å². The molecule has 0 radical (unpaired) electrons. The van der Waals surface area contributed by atoms with Gasteiger partial charge in [0.05, 0.1) is 6.54 Å². The van der Waals surface area contributed by atoms with E-state index >= 15 is 0 Å². The molecule has 0 aliphatic heterocycles. The molecule has 12 heteroatoms. The molecule has 12 nitrogen and oxygen atoms in total. The van der Waals surface area contributed by atoms with Crippen LogP contribution in [-0.2, 0) is 32.0 Å². The minimum atomic E-state index is -1.22. The van der Waals surface area contributed by atoms with Crippen LogP contribution >= 0.6 is 0 Å². The molecule has 2 aromatic rings. The molecule has 0 saturated carbocycles. The Balaban J connectivity index is 2.21. The van der Waals surface area contributed by atoms with Crippen LogP contribution in [0.15, 0.2) is 65.7 Å². The number of rotatable bonds is 15. The van der Waals surface area contributed by atoms with E-state index in [0.29, 0.717) is 6.42 Å². The highest BCUT2D eigenvalue weighted by atomic mass is 16.4. The molecule has 3 unspecified atom stereocenters. The maximum absolute atomic E-state index is 13.3. The summed E-state index contributed by atoms with van der Waals surface area (Å²) in [7, 11) is 0. The smallest absolute Gasteiger partial charge is 0.326 e. The number of hydrogen-bond acceptors (Lipinski definition) is 6. The molecule has 2 aromatic carbocycles. The zero-order valence-corrected chi connectivity index (χ0v) is 21.0. The first-order valence-corrected chi connectivity index (χ1v) is 12.2. The number of nitrogens with two attached hydrogens (primary N) is 3. The molecule has 3 amide bonds. The first-order valence-electron chi connectivity index (χ1n) is 12.2. The van der Waals surface area contributed by atoms with Gasteiger partial charge in [-0.1, -0.05) is 60.7 Å². The van der Waals surface area contributed by atoms with Crippen molar-refractivity contribution in [3.63, 3.8) is 0 Å². The summed E-state index contributed by atoms with van der Waals surface area (Å²) in [5.74, 6) is -3.15. The molecule has 0 aromatic heterocycles. The first-order chi connectivity index (χ1) is 18.2. The van der Waals surface area contributed by atoms with Crippen molar-refractivity contribution in [2.24, 2.45) is 22.2 Å². The van der Waals surface area contributed by atoms with E-state index in [0.717, 1.165) is 11.1 Å². The number of aliphatic carboxylic acids is 1. The van der Waals surface area contributed by atoms with Gasteiger partial charge in [-0.15, -0.1) is 0 Å². The molecule has 0 fully saturated rings. The third kappa shape index (κ3) is 10.7. The number of aliphatic imine (C=N–C) groups is 1. The van der Waals surface area contributed by atoms with Gasteiger partial charge in [0, 0.05) is 19.4 Å². The summed E-state index contributed by atoms with van der Waals surface area (Å²) in [6, 6.07) is 14.5. The van der Waals surface area contributed by atoms with Gasteiger partial charge in [-0.2, -0.15) is 0 Å². The van der Waals surface area contributed by atoms with Crippen molar-refractivity contribution < 1.29 is 24.3 Å². The number of carbonyl (C=O) groups excluding carboxylic acids is 3. The van der Waals surface area contributed by atoms with Crippen LogP contribution < -0.4 is 33.2 Å². The van der Waals surface area contributed by atoms with Gasteiger partial charge in [-0.3, -0.25) is 19.4 Å². The number of guanidine groups is 1. The Labute approximate surface area is 221 Å². The van der Waals surface area contributed by atoms with Crippen molar-refractivity contribution >= 4 is 29.7 Å². The summed E-state index contributed by atoms with van der Waals surface area (Å²) in [6.45, 7) is -0.0935. The van der Waals surface area contributed by atoms with E-state index in [-0.39, 0.29) is 38.3 Å². The molecule has 10 N–H and O–H groups in total. The summed E-state index contributed by atoms with van der Waals surface area (Å²) >= 11 is 0. The lowest BCUT2D eigenvalue weighted by Gasteiger charge is -2.24. The van der Waals surface area contributed by atoms with E-state index in [9.17, 15) is 24.3 Å². The predicted octanol–water partition coefficient (Wildman–Crippen LogP) is -0.977. The fraction of sp³-hybridized carbons (Fsp3) is 0.346. The summed E-state index contributed by atoms with van der Waals surface area (Å²) < 4.78 is 0. The molecule has 0 saturated heterocycles. The Morgan fingerprint density at radius 2 is 1.26 bits per heavy atom. The van der Waals surface area contributed by atoms with Crippen molar-refractivity contribution in [2.75, 3.05) is 13.1 Å². The number of carboxylic acids is 1. The van der Waals surface area contributed by atoms with E-state index in [1.807, 2.05) is 6.07 Å². The lowest BCUT2D eigenvalue weighted by molar-refractivity contribution is -0.142. The quantitative estimate of drug-likeness (QED) is 0.0869. The number of carboxylic acid groups (broad SMARTS) is 1. The summed E-state index contributed by atoms with van der Waals surface area (Å²) in [4.78, 5) is 54.2.